The second kappa shape index (κ2) is 8.23. The third kappa shape index (κ3) is 4.55. The van der Waals surface area contributed by atoms with Crippen molar-refractivity contribution in [2.24, 2.45) is 5.92 Å². The number of benzene rings is 1. The van der Waals surface area contributed by atoms with E-state index in [0.29, 0.717) is 6.42 Å². The molecular weight excluding hydrogens is 258 g/mol. The Balaban J connectivity index is 2.84. The number of thioether (sulfide) groups is 1. The molecule has 0 saturated heterocycles. The highest BCUT2D eigenvalue weighted by atomic mass is 32.2. The normalized spacial score (nSPS) is 13.9. The molecule has 1 N–H and O–H groups in total. The van der Waals surface area contributed by atoms with Gasteiger partial charge in [0.1, 0.15) is 0 Å². The van der Waals surface area contributed by atoms with E-state index in [1.165, 1.54) is 0 Å². The van der Waals surface area contributed by atoms with Crippen LogP contribution in [0.15, 0.2) is 30.3 Å². The lowest BCUT2D eigenvalue weighted by molar-refractivity contribution is -0.135. The highest BCUT2D eigenvalue weighted by molar-refractivity contribution is 7.98. The van der Waals surface area contributed by atoms with E-state index >= 15 is 0 Å². The Morgan fingerprint density at radius 3 is 2.53 bits per heavy atom. The number of rotatable bonds is 7. The predicted octanol–water partition coefficient (Wildman–Crippen LogP) is 2.57. The van der Waals surface area contributed by atoms with Gasteiger partial charge in [0, 0.05) is 25.3 Å². The number of nitrogens with zero attached hydrogens (tertiary/aromatic N) is 1. The SMILES string of the molecule is CSCC(C)C(=O)N(C)C(CCO)c1ccccc1. The molecule has 19 heavy (non-hydrogen) atoms. The van der Waals surface area contributed by atoms with E-state index in [9.17, 15) is 9.90 Å². The summed E-state index contributed by atoms with van der Waals surface area (Å²) in [6.07, 6.45) is 2.57. The summed E-state index contributed by atoms with van der Waals surface area (Å²) in [6.45, 7) is 2.03. The summed E-state index contributed by atoms with van der Waals surface area (Å²) in [5, 5.41) is 9.23. The molecule has 0 aromatic heterocycles. The molecular formula is C15H23NO2S. The summed E-state index contributed by atoms with van der Waals surface area (Å²) in [7, 11) is 1.83. The van der Waals surface area contributed by atoms with Crippen LogP contribution in [0.2, 0.25) is 0 Å². The van der Waals surface area contributed by atoms with Crippen LogP contribution in [-0.2, 0) is 4.79 Å². The molecule has 0 aliphatic carbocycles. The van der Waals surface area contributed by atoms with Gasteiger partial charge in [-0.3, -0.25) is 4.79 Å². The van der Waals surface area contributed by atoms with Crippen LogP contribution >= 0.6 is 11.8 Å². The van der Waals surface area contributed by atoms with Gasteiger partial charge >= 0.3 is 0 Å². The van der Waals surface area contributed by atoms with Crippen LogP contribution in [0, 0.1) is 5.92 Å². The van der Waals surface area contributed by atoms with E-state index < -0.39 is 0 Å². The molecule has 4 heteroatoms. The molecule has 0 aliphatic rings. The molecule has 1 aromatic rings. The number of carbonyl (C=O) groups is 1. The maximum atomic E-state index is 12.4. The van der Waals surface area contributed by atoms with Gasteiger partial charge in [0.15, 0.2) is 0 Å². The minimum absolute atomic E-state index is 0.00454. The summed E-state index contributed by atoms with van der Waals surface area (Å²) in [4.78, 5) is 14.1. The van der Waals surface area contributed by atoms with Gasteiger partial charge in [0.25, 0.3) is 0 Å². The van der Waals surface area contributed by atoms with Gasteiger partial charge < -0.3 is 10.0 Å². The highest BCUT2D eigenvalue weighted by Gasteiger charge is 2.24. The van der Waals surface area contributed by atoms with Crippen LogP contribution < -0.4 is 0 Å². The standard InChI is InChI=1S/C15H23NO2S/c1-12(11-19-3)15(18)16(2)14(9-10-17)13-7-5-4-6-8-13/h4-8,12,14,17H,9-11H2,1-3H3. The Bertz CT molecular complexity index is 383. The molecule has 0 heterocycles. The maximum Gasteiger partial charge on any atom is 0.226 e. The quantitative estimate of drug-likeness (QED) is 0.835. The van der Waals surface area contributed by atoms with Crippen molar-refractivity contribution in [1.29, 1.82) is 0 Å². The Hall–Kier alpha value is -1.00. The van der Waals surface area contributed by atoms with Gasteiger partial charge in [-0.15, -0.1) is 0 Å². The molecule has 1 aromatic carbocycles. The Morgan fingerprint density at radius 2 is 2.00 bits per heavy atom. The van der Waals surface area contributed by atoms with Crippen LogP contribution in [0.4, 0.5) is 0 Å². The van der Waals surface area contributed by atoms with Gasteiger partial charge in [-0.1, -0.05) is 37.3 Å². The predicted molar refractivity (Wildman–Crippen MR) is 81.2 cm³/mol. The number of hydrogen-bond donors (Lipinski definition) is 1. The van der Waals surface area contributed by atoms with Crippen molar-refractivity contribution < 1.29 is 9.90 Å². The second-order valence-electron chi connectivity index (χ2n) is 4.74. The number of aliphatic hydroxyl groups excluding tert-OH is 1. The van der Waals surface area contributed by atoms with E-state index in [1.807, 2.05) is 50.6 Å². The Labute approximate surface area is 120 Å². The topological polar surface area (TPSA) is 40.5 Å². The first-order valence-corrected chi connectivity index (χ1v) is 7.92. The summed E-state index contributed by atoms with van der Waals surface area (Å²) in [5.74, 6) is 0.964. The molecule has 0 spiro atoms. The van der Waals surface area contributed by atoms with Crippen molar-refractivity contribution in [2.75, 3.05) is 25.7 Å². The van der Waals surface area contributed by atoms with Crippen molar-refractivity contribution in [3.8, 4) is 0 Å². The Kier molecular flexibility index (Phi) is 6.95. The fourth-order valence-corrected chi connectivity index (χ4v) is 2.85. The van der Waals surface area contributed by atoms with E-state index in [-0.39, 0.29) is 24.5 Å². The van der Waals surface area contributed by atoms with Gasteiger partial charge in [-0.25, -0.2) is 0 Å². The van der Waals surface area contributed by atoms with E-state index in [2.05, 4.69) is 0 Å². The lowest BCUT2D eigenvalue weighted by Crippen LogP contribution is -2.36. The molecule has 2 atom stereocenters. The minimum atomic E-state index is -0.0528. The summed E-state index contributed by atoms with van der Waals surface area (Å²) >= 11 is 1.68. The number of aliphatic hydroxyl groups is 1. The maximum absolute atomic E-state index is 12.4. The summed E-state index contributed by atoms with van der Waals surface area (Å²) in [6, 6.07) is 9.83. The molecule has 0 aliphatic heterocycles. The second-order valence-corrected chi connectivity index (χ2v) is 5.65. The largest absolute Gasteiger partial charge is 0.396 e. The van der Waals surface area contributed by atoms with Crippen molar-refractivity contribution in [1.82, 2.24) is 4.90 Å². The van der Waals surface area contributed by atoms with Gasteiger partial charge in [0.05, 0.1) is 6.04 Å². The molecule has 0 saturated carbocycles. The molecule has 1 amide bonds. The number of amides is 1. The van der Waals surface area contributed by atoms with E-state index in [0.717, 1.165) is 11.3 Å². The third-order valence-corrected chi connectivity index (χ3v) is 4.07. The molecule has 0 radical (unpaired) electrons. The van der Waals surface area contributed by atoms with Crippen LogP contribution in [0.25, 0.3) is 0 Å². The lowest BCUT2D eigenvalue weighted by Gasteiger charge is -2.30. The first-order valence-electron chi connectivity index (χ1n) is 6.53. The molecule has 0 bridgehead atoms. The monoisotopic (exact) mass is 281 g/mol. The molecule has 2 unspecified atom stereocenters. The zero-order chi connectivity index (χ0) is 14.3. The Morgan fingerprint density at radius 1 is 1.37 bits per heavy atom. The number of hydrogen-bond acceptors (Lipinski definition) is 3. The average molecular weight is 281 g/mol. The fourth-order valence-electron chi connectivity index (χ4n) is 2.20. The summed E-state index contributed by atoms with van der Waals surface area (Å²) < 4.78 is 0. The van der Waals surface area contributed by atoms with Crippen LogP contribution in [-0.4, -0.2) is 41.6 Å². The van der Waals surface area contributed by atoms with Crippen LogP contribution in [0.5, 0.6) is 0 Å². The third-order valence-electron chi connectivity index (χ3n) is 3.24. The van der Waals surface area contributed by atoms with Gasteiger partial charge in [-0.2, -0.15) is 11.8 Å². The van der Waals surface area contributed by atoms with Crippen molar-refractivity contribution in [3.63, 3.8) is 0 Å². The smallest absolute Gasteiger partial charge is 0.226 e. The van der Waals surface area contributed by atoms with E-state index in [1.54, 1.807) is 16.7 Å². The van der Waals surface area contributed by atoms with Crippen LogP contribution in [0.3, 0.4) is 0 Å². The van der Waals surface area contributed by atoms with Gasteiger partial charge in [0.2, 0.25) is 5.91 Å². The summed E-state index contributed by atoms with van der Waals surface area (Å²) in [5.41, 5.74) is 1.07. The molecule has 3 nitrogen and oxygen atoms in total. The lowest BCUT2D eigenvalue weighted by atomic mass is 10.0. The average Bonchev–Trinajstić information content (AvgIpc) is 2.44. The number of carbonyl (C=O) groups excluding carboxylic acids is 1. The first kappa shape index (κ1) is 16.1. The zero-order valence-electron chi connectivity index (χ0n) is 11.9. The first-order chi connectivity index (χ1) is 9.11. The van der Waals surface area contributed by atoms with Crippen molar-refractivity contribution in [2.45, 2.75) is 19.4 Å². The van der Waals surface area contributed by atoms with Crippen molar-refractivity contribution >= 4 is 17.7 Å². The van der Waals surface area contributed by atoms with Gasteiger partial charge in [-0.05, 0) is 18.2 Å². The zero-order valence-corrected chi connectivity index (χ0v) is 12.7. The minimum Gasteiger partial charge on any atom is -0.396 e. The molecule has 106 valence electrons. The molecule has 0 fully saturated rings. The fraction of sp³-hybridized carbons (Fsp3) is 0.533. The highest BCUT2D eigenvalue weighted by Crippen LogP contribution is 2.24. The van der Waals surface area contributed by atoms with E-state index in [4.69, 9.17) is 0 Å². The van der Waals surface area contributed by atoms with Crippen LogP contribution in [0.1, 0.15) is 24.9 Å². The molecule has 1 rings (SSSR count). The van der Waals surface area contributed by atoms with Crippen molar-refractivity contribution in [3.05, 3.63) is 35.9 Å².